The molecular formula is C17H21FN2O2. The van der Waals surface area contributed by atoms with E-state index in [-0.39, 0.29) is 12.8 Å². The number of allylic oxidation sites excluding steroid dienone is 2. The molecule has 118 valence electrons. The fourth-order valence-corrected chi connectivity index (χ4v) is 2.61. The van der Waals surface area contributed by atoms with Crippen molar-refractivity contribution in [3.63, 3.8) is 0 Å². The zero-order valence-electron chi connectivity index (χ0n) is 12.8. The predicted molar refractivity (Wildman–Crippen MR) is 84.5 cm³/mol. The van der Waals surface area contributed by atoms with Crippen LogP contribution in [0.3, 0.4) is 0 Å². The third-order valence-corrected chi connectivity index (χ3v) is 3.60. The number of rotatable bonds is 4. The third-order valence-electron chi connectivity index (χ3n) is 3.60. The predicted octanol–water partition coefficient (Wildman–Crippen LogP) is 3.29. The second-order valence-electron chi connectivity index (χ2n) is 6.15. The van der Waals surface area contributed by atoms with Gasteiger partial charge in [-0.05, 0) is 30.6 Å². The van der Waals surface area contributed by atoms with E-state index in [2.05, 4.69) is 0 Å². The second kappa shape index (κ2) is 5.93. The molecule has 5 heteroatoms. The molecule has 4 nitrogen and oxygen atoms in total. The minimum absolute atomic E-state index is 0.0789. The molecule has 0 bridgehead atoms. The molecule has 0 fully saturated rings. The lowest BCUT2D eigenvalue weighted by Crippen LogP contribution is -2.42. The van der Waals surface area contributed by atoms with Crippen molar-refractivity contribution in [3.05, 3.63) is 53.6 Å². The molecule has 1 aliphatic rings. The van der Waals surface area contributed by atoms with Crippen molar-refractivity contribution in [2.45, 2.75) is 38.1 Å². The second-order valence-corrected chi connectivity index (χ2v) is 6.15. The minimum Gasteiger partial charge on any atom is -0.443 e. The Balaban J connectivity index is 2.23. The molecule has 0 aromatic heterocycles. The summed E-state index contributed by atoms with van der Waals surface area (Å²) in [4.78, 5) is 10.9. The summed E-state index contributed by atoms with van der Waals surface area (Å²) in [6, 6.07) is 9.54. The van der Waals surface area contributed by atoms with Gasteiger partial charge in [0.05, 0.1) is 0 Å². The van der Waals surface area contributed by atoms with Crippen LogP contribution in [0.15, 0.2) is 48.1 Å². The molecule has 22 heavy (non-hydrogen) atoms. The number of carbonyl (C=O) groups excluding carboxylic acids is 1. The lowest BCUT2D eigenvalue weighted by molar-refractivity contribution is 0.0394. The molecule has 1 aromatic rings. The van der Waals surface area contributed by atoms with Gasteiger partial charge in [-0.15, -0.1) is 0 Å². The first kappa shape index (κ1) is 16.2. The van der Waals surface area contributed by atoms with Gasteiger partial charge < -0.3 is 10.5 Å². The van der Waals surface area contributed by atoms with Crippen molar-refractivity contribution in [3.8, 4) is 0 Å². The smallest absolute Gasteiger partial charge is 0.405 e. The van der Waals surface area contributed by atoms with Gasteiger partial charge in [-0.25, -0.2) is 9.18 Å². The van der Waals surface area contributed by atoms with E-state index >= 15 is 0 Å². The Labute approximate surface area is 129 Å². The molecular weight excluding hydrogens is 283 g/mol. The normalized spacial score (nSPS) is 21.8. The Morgan fingerprint density at radius 1 is 1.32 bits per heavy atom. The summed E-state index contributed by atoms with van der Waals surface area (Å²) >= 11 is 0. The fourth-order valence-electron chi connectivity index (χ4n) is 2.61. The molecule has 1 unspecified atom stereocenters. The fraction of sp³-hybridized carbons (Fsp3) is 0.353. The number of alkyl halides is 1. The molecule has 1 atom stereocenters. The van der Waals surface area contributed by atoms with Crippen molar-refractivity contribution in [2.24, 2.45) is 11.5 Å². The highest BCUT2D eigenvalue weighted by Gasteiger charge is 2.37. The first-order valence-corrected chi connectivity index (χ1v) is 7.11. The largest absolute Gasteiger partial charge is 0.443 e. The molecule has 0 saturated carbocycles. The summed E-state index contributed by atoms with van der Waals surface area (Å²) in [5.41, 5.74) is 12.1. The van der Waals surface area contributed by atoms with E-state index in [0.29, 0.717) is 5.57 Å². The molecule has 0 heterocycles. The summed E-state index contributed by atoms with van der Waals surface area (Å²) in [5, 5.41) is 0. The minimum atomic E-state index is -1.97. The van der Waals surface area contributed by atoms with E-state index in [1.807, 2.05) is 36.4 Å². The molecule has 0 saturated heterocycles. The van der Waals surface area contributed by atoms with Crippen LogP contribution in [-0.2, 0) is 4.74 Å². The average Bonchev–Trinajstić information content (AvgIpc) is 2.40. The van der Waals surface area contributed by atoms with Gasteiger partial charge in [-0.2, -0.15) is 0 Å². The number of primary amides is 1. The topological polar surface area (TPSA) is 78.3 Å². The first-order chi connectivity index (χ1) is 10.2. The number of nitrogens with two attached hydrogens (primary N) is 2. The van der Waals surface area contributed by atoms with Crippen molar-refractivity contribution < 1.29 is 13.9 Å². The number of hydrogen-bond acceptors (Lipinski definition) is 3. The van der Waals surface area contributed by atoms with Crippen LogP contribution in [0.4, 0.5) is 9.18 Å². The molecule has 4 N–H and O–H groups in total. The van der Waals surface area contributed by atoms with E-state index in [0.717, 1.165) is 11.1 Å². The van der Waals surface area contributed by atoms with Gasteiger partial charge in [-0.1, -0.05) is 42.5 Å². The van der Waals surface area contributed by atoms with Crippen LogP contribution >= 0.6 is 0 Å². The Hall–Kier alpha value is -2.14. The molecule has 1 aliphatic carbocycles. The van der Waals surface area contributed by atoms with Crippen molar-refractivity contribution >= 4 is 11.7 Å². The van der Waals surface area contributed by atoms with Crippen molar-refractivity contribution in [2.75, 3.05) is 0 Å². The standard InChI is InChI=1S/C17H21FN2O2/c1-16(2,22-15(19)21)11-14-9-8-13(10-17(14,18)20)12-6-4-3-5-7-12/h3-9H,10-11,20H2,1-2H3,(H2,19,21). The van der Waals surface area contributed by atoms with E-state index in [1.54, 1.807) is 19.9 Å². The Kier molecular flexibility index (Phi) is 4.37. The van der Waals surface area contributed by atoms with Gasteiger partial charge in [0, 0.05) is 12.8 Å². The number of carbonyl (C=O) groups is 1. The number of amides is 1. The van der Waals surface area contributed by atoms with Crippen molar-refractivity contribution in [1.29, 1.82) is 0 Å². The number of benzene rings is 1. The summed E-state index contributed by atoms with van der Waals surface area (Å²) in [7, 11) is 0. The van der Waals surface area contributed by atoms with E-state index in [1.165, 1.54) is 0 Å². The lowest BCUT2D eigenvalue weighted by atomic mass is 9.83. The summed E-state index contributed by atoms with van der Waals surface area (Å²) in [6.45, 7) is 3.34. The van der Waals surface area contributed by atoms with E-state index < -0.39 is 17.5 Å². The number of ether oxygens (including phenoxy) is 1. The maximum atomic E-state index is 14.8. The Bertz CT molecular complexity index is 619. The van der Waals surface area contributed by atoms with Crippen LogP contribution < -0.4 is 11.5 Å². The SMILES string of the molecule is CC(C)(CC1=CC=C(c2ccccc2)CC1(N)F)OC(N)=O. The first-order valence-electron chi connectivity index (χ1n) is 7.11. The maximum absolute atomic E-state index is 14.8. The van der Waals surface area contributed by atoms with Gasteiger partial charge in [0.1, 0.15) is 5.60 Å². The average molecular weight is 304 g/mol. The van der Waals surface area contributed by atoms with Crippen LogP contribution in [0, 0.1) is 0 Å². The van der Waals surface area contributed by atoms with Crippen LogP contribution in [-0.4, -0.2) is 17.5 Å². The molecule has 0 radical (unpaired) electrons. The van der Waals surface area contributed by atoms with Crippen LogP contribution in [0.2, 0.25) is 0 Å². The molecule has 0 spiro atoms. The van der Waals surface area contributed by atoms with E-state index in [9.17, 15) is 9.18 Å². The van der Waals surface area contributed by atoms with Gasteiger partial charge in [0.25, 0.3) is 0 Å². The highest BCUT2D eigenvalue weighted by Crippen LogP contribution is 2.38. The molecule has 1 aromatic carbocycles. The van der Waals surface area contributed by atoms with Gasteiger partial charge in [0.15, 0.2) is 5.79 Å². The summed E-state index contributed by atoms with van der Waals surface area (Å²) in [6.07, 6.45) is 2.90. The summed E-state index contributed by atoms with van der Waals surface area (Å²) < 4.78 is 19.8. The molecule has 2 rings (SSSR count). The number of hydrogen-bond donors (Lipinski definition) is 2. The van der Waals surface area contributed by atoms with Crippen LogP contribution in [0.5, 0.6) is 0 Å². The van der Waals surface area contributed by atoms with Crippen molar-refractivity contribution in [1.82, 2.24) is 0 Å². The Morgan fingerprint density at radius 2 is 1.95 bits per heavy atom. The lowest BCUT2D eigenvalue weighted by Gasteiger charge is -2.33. The zero-order valence-corrected chi connectivity index (χ0v) is 12.8. The van der Waals surface area contributed by atoms with Crippen LogP contribution in [0.1, 0.15) is 32.3 Å². The number of halogens is 1. The monoisotopic (exact) mass is 304 g/mol. The zero-order chi connectivity index (χ0) is 16.4. The van der Waals surface area contributed by atoms with Crippen LogP contribution in [0.25, 0.3) is 5.57 Å². The van der Waals surface area contributed by atoms with E-state index in [4.69, 9.17) is 16.2 Å². The Morgan fingerprint density at radius 3 is 2.50 bits per heavy atom. The van der Waals surface area contributed by atoms with Gasteiger partial charge >= 0.3 is 6.09 Å². The maximum Gasteiger partial charge on any atom is 0.405 e. The van der Waals surface area contributed by atoms with Gasteiger partial charge in [-0.3, -0.25) is 5.73 Å². The van der Waals surface area contributed by atoms with Gasteiger partial charge in [0.2, 0.25) is 0 Å². The third kappa shape index (κ3) is 3.95. The molecule has 1 amide bonds. The summed E-state index contributed by atoms with van der Waals surface area (Å²) in [5.74, 6) is -1.97. The highest BCUT2D eigenvalue weighted by molar-refractivity contribution is 5.70. The molecule has 0 aliphatic heterocycles. The highest BCUT2D eigenvalue weighted by atomic mass is 19.1. The quantitative estimate of drug-likeness (QED) is 0.838.